The van der Waals surface area contributed by atoms with Gasteiger partial charge in [-0.1, -0.05) is 6.07 Å². The van der Waals surface area contributed by atoms with E-state index < -0.39 is 10.1 Å². The second-order valence-corrected chi connectivity index (χ2v) is 7.57. The van der Waals surface area contributed by atoms with Crippen molar-refractivity contribution in [3.63, 3.8) is 0 Å². The first-order valence-corrected chi connectivity index (χ1v) is 9.35. The monoisotopic (exact) mass is 377 g/mol. The lowest BCUT2D eigenvalue weighted by molar-refractivity contribution is 0.0827. The van der Waals surface area contributed by atoms with Crippen LogP contribution in [0.4, 0.5) is 0 Å². The number of hydrogen-bond donors (Lipinski definition) is 0. The van der Waals surface area contributed by atoms with Crippen molar-refractivity contribution in [1.82, 2.24) is 4.90 Å². The molecule has 0 aromatic heterocycles. The van der Waals surface area contributed by atoms with E-state index in [1.54, 1.807) is 33.2 Å². The molecule has 0 aliphatic carbocycles. The van der Waals surface area contributed by atoms with Gasteiger partial charge in [0, 0.05) is 25.7 Å². The smallest absolute Gasteiger partial charge is 0.339 e. The van der Waals surface area contributed by atoms with Gasteiger partial charge in [-0.3, -0.25) is 4.79 Å². The second kappa shape index (κ2) is 6.87. The van der Waals surface area contributed by atoms with Gasteiger partial charge in [-0.2, -0.15) is 8.42 Å². The molecular weight excluding hydrogens is 358 g/mol. The molecule has 0 saturated carbocycles. The van der Waals surface area contributed by atoms with Gasteiger partial charge in [-0.05, 0) is 36.8 Å². The minimum absolute atomic E-state index is 0.0505. The molecule has 0 fully saturated rings. The van der Waals surface area contributed by atoms with Crippen molar-refractivity contribution in [2.75, 3.05) is 27.3 Å². The third-order valence-electron chi connectivity index (χ3n) is 3.84. The first-order valence-electron chi connectivity index (χ1n) is 7.94. The highest BCUT2D eigenvalue weighted by Crippen LogP contribution is 2.33. The highest BCUT2D eigenvalue weighted by atomic mass is 32.2. The molecule has 2 aromatic rings. The molecule has 0 radical (unpaired) electrons. The number of ether oxygens (including phenoxy) is 2. The van der Waals surface area contributed by atoms with E-state index in [-0.39, 0.29) is 16.6 Å². The molecule has 8 heteroatoms. The summed E-state index contributed by atoms with van der Waals surface area (Å²) in [7, 11) is -0.853. The number of nitrogens with zero attached hydrogens (tertiary/aromatic N) is 1. The number of amides is 1. The number of benzene rings is 2. The normalized spacial score (nSPS) is 13.2. The van der Waals surface area contributed by atoms with Crippen molar-refractivity contribution in [3.05, 3.63) is 47.5 Å². The Bertz CT molecular complexity index is 952. The van der Waals surface area contributed by atoms with E-state index in [9.17, 15) is 13.2 Å². The standard InChI is InChI=1S/C18H19NO6S/c1-12-4-5-13(18(20)19(2)3)10-16(12)25-26(21,22)14-6-7-15-17(11-14)24-9-8-23-15/h4-7,10-11H,8-9H2,1-3H3. The van der Waals surface area contributed by atoms with Crippen molar-refractivity contribution in [1.29, 1.82) is 0 Å². The van der Waals surface area contributed by atoms with Crippen molar-refractivity contribution in [2.24, 2.45) is 0 Å². The zero-order valence-corrected chi connectivity index (χ0v) is 15.5. The van der Waals surface area contributed by atoms with Gasteiger partial charge in [-0.25, -0.2) is 0 Å². The Morgan fingerprint density at radius 3 is 2.42 bits per heavy atom. The molecule has 3 rings (SSSR count). The zero-order valence-electron chi connectivity index (χ0n) is 14.7. The van der Waals surface area contributed by atoms with E-state index in [0.717, 1.165) is 0 Å². The Morgan fingerprint density at radius 2 is 1.73 bits per heavy atom. The van der Waals surface area contributed by atoms with E-state index in [1.807, 2.05) is 0 Å². The average molecular weight is 377 g/mol. The van der Waals surface area contributed by atoms with Crippen LogP contribution in [0.15, 0.2) is 41.3 Å². The van der Waals surface area contributed by atoms with Crippen LogP contribution in [-0.2, 0) is 10.1 Å². The lowest BCUT2D eigenvalue weighted by Crippen LogP contribution is -2.22. The van der Waals surface area contributed by atoms with Gasteiger partial charge < -0.3 is 18.6 Å². The molecule has 0 unspecified atom stereocenters. The molecule has 2 aromatic carbocycles. The van der Waals surface area contributed by atoms with Gasteiger partial charge in [0.15, 0.2) is 11.5 Å². The minimum atomic E-state index is -4.09. The van der Waals surface area contributed by atoms with E-state index in [2.05, 4.69) is 0 Å². The van der Waals surface area contributed by atoms with Crippen molar-refractivity contribution < 1.29 is 26.9 Å². The fourth-order valence-corrected chi connectivity index (χ4v) is 3.42. The molecule has 0 N–H and O–H groups in total. The maximum Gasteiger partial charge on any atom is 0.339 e. The van der Waals surface area contributed by atoms with Crippen LogP contribution in [0.3, 0.4) is 0 Å². The predicted molar refractivity (Wildman–Crippen MR) is 94.4 cm³/mol. The lowest BCUT2D eigenvalue weighted by atomic mass is 10.1. The van der Waals surface area contributed by atoms with Crippen LogP contribution in [-0.4, -0.2) is 46.5 Å². The molecule has 1 heterocycles. The molecule has 26 heavy (non-hydrogen) atoms. The number of hydrogen-bond acceptors (Lipinski definition) is 6. The summed E-state index contributed by atoms with van der Waals surface area (Å²) in [5.41, 5.74) is 0.939. The Hall–Kier alpha value is -2.74. The molecule has 0 spiro atoms. The third-order valence-corrected chi connectivity index (χ3v) is 5.07. The molecule has 138 valence electrons. The van der Waals surface area contributed by atoms with Gasteiger partial charge in [-0.15, -0.1) is 0 Å². The van der Waals surface area contributed by atoms with Gasteiger partial charge >= 0.3 is 10.1 Å². The van der Waals surface area contributed by atoms with Crippen LogP contribution >= 0.6 is 0 Å². The van der Waals surface area contributed by atoms with E-state index in [1.165, 1.54) is 29.2 Å². The molecule has 1 aliphatic rings. The van der Waals surface area contributed by atoms with E-state index in [4.69, 9.17) is 13.7 Å². The summed E-state index contributed by atoms with van der Waals surface area (Å²) in [5.74, 6) is 0.707. The van der Waals surface area contributed by atoms with Crippen LogP contribution < -0.4 is 13.7 Å². The summed E-state index contributed by atoms with van der Waals surface area (Å²) in [4.78, 5) is 13.5. The maximum absolute atomic E-state index is 12.6. The lowest BCUT2D eigenvalue weighted by Gasteiger charge is -2.19. The van der Waals surface area contributed by atoms with Crippen molar-refractivity contribution >= 4 is 16.0 Å². The fourth-order valence-electron chi connectivity index (χ4n) is 2.43. The third kappa shape index (κ3) is 3.60. The van der Waals surface area contributed by atoms with Gasteiger partial charge in [0.05, 0.1) is 0 Å². The Labute approximate surface area is 152 Å². The zero-order chi connectivity index (χ0) is 18.9. The summed E-state index contributed by atoms with van der Waals surface area (Å²) < 4.78 is 41.4. The second-order valence-electron chi connectivity index (χ2n) is 6.02. The molecule has 0 bridgehead atoms. The van der Waals surface area contributed by atoms with Crippen LogP contribution in [0, 0.1) is 6.92 Å². The Morgan fingerprint density at radius 1 is 1.04 bits per heavy atom. The van der Waals surface area contributed by atoms with Crippen LogP contribution in [0.25, 0.3) is 0 Å². The minimum Gasteiger partial charge on any atom is -0.486 e. The first-order chi connectivity index (χ1) is 12.3. The topological polar surface area (TPSA) is 82.1 Å². The summed E-state index contributed by atoms with van der Waals surface area (Å²) in [6.07, 6.45) is 0. The van der Waals surface area contributed by atoms with Gasteiger partial charge in [0.25, 0.3) is 5.91 Å². The number of rotatable bonds is 4. The largest absolute Gasteiger partial charge is 0.486 e. The summed E-state index contributed by atoms with van der Waals surface area (Å²) >= 11 is 0. The predicted octanol–water partition coefficient (Wildman–Crippen LogP) is 2.24. The highest BCUT2D eigenvalue weighted by molar-refractivity contribution is 7.87. The molecule has 1 aliphatic heterocycles. The average Bonchev–Trinajstić information content (AvgIpc) is 2.62. The number of carbonyl (C=O) groups excluding carboxylic acids is 1. The van der Waals surface area contributed by atoms with Crippen LogP contribution in [0.1, 0.15) is 15.9 Å². The Kier molecular flexibility index (Phi) is 4.78. The summed E-state index contributed by atoms with van der Waals surface area (Å²) in [6, 6.07) is 8.99. The molecule has 1 amide bonds. The van der Waals surface area contributed by atoms with Gasteiger partial charge in [0.2, 0.25) is 0 Å². The van der Waals surface area contributed by atoms with Crippen LogP contribution in [0.2, 0.25) is 0 Å². The number of fused-ring (bicyclic) bond motifs is 1. The van der Waals surface area contributed by atoms with Gasteiger partial charge in [0.1, 0.15) is 23.9 Å². The SMILES string of the molecule is Cc1ccc(C(=O)N(C)C)cc1OS(=O)(=O)c1ccc2c(c1)OCCO2. The maximum atomic E-state index is 12.6. The van der Waals surface area contributed by atoms with Crippen molar-refractivity contribution in [2.45, 2.75) is 11.8 Å². The molecular formula is C18H19NO6S. The van der Waals surface area contributed by atoms with Crippen LogP contribution in [0.5, 0.6) is 17.2 Å². The van der Waals surface area contributed by atoms with E-state index >= 15 is 0 Å². The first kappa shape index (κ1) is 18.1. The van der Waals surface area contributed by atoms with E-state index in [0.29, 0.717) is 35.8 Å². The summed E-state index contributed by atoms with van der Waals surface area (Å²) in [5, 5.41) is 0. The number of carbonyl (C=O) groups is 1. The molecule has 0 saturated heterocycles. The molecule has 0 atom stereocenters. The highest BCUT2D eigenvalue weighted by Gasteiger charge is 2.22. The van der Waals surface area contributed by atoms with Crippen molar-refractivity contribution in [3.8, 4) is 17.2 Å². The number of aryl methyl sites for hydroxylation is 1. The molecule has 7 nitrogen and oxygen atoms in total. The quantitative estimate of drug-likeness (QED) is 0.760. The summed E-state index contributed by atoms with van der Waals surface area (Å²) in [6.45, 7) is 2.48. The Balaban J connectivity index is 1.92. The fraction of sp³-hybridized carbons (Fsp3) is 0.278.